The van der Waals surface area contributed by atoms with Gasteiger partial charge >= 0.3 is 0 Å². The van der Waals surface area contributed by atoms with E-state index in [1.165, 1.54) is 5.56 Å². The number of H-pyrrole nitrogens is 1. The molecule has 0 aliphatic heterocycles. The maximum atomic E-state index is 5.45. The molecule has 0 aliphatic rings. The number of rotatable bonds is 6. The van der Waals surface area contributed by atoms with E-state index in [4.69, 9.17) is 4.74 Å². The van der Waals surface area contributed by atoms with Crippen LogP contribution in [0, 0.1) is 0 Å². The Morgan fingerprint density at radius 1 is 1.42 bits per heavy atom. The predicted molar refractivity (Wildman–Crippen MR) is 78.1 cm³/mol. The van der Waals surface area contributed by atoms with Gasteiger partial charge in [0.2, 0.25) is 0 Å². The number of methoxy groups -OCH3 is 1. The first-order valence-corrected chi connectivity index (χ1v) is 6.71. The molecule has 0 radical (unpaired) electrons. The van der Waals surface area contributed by atoms with Gasteiger partial charge in [0, 0.05) is 19.7 Å². The van der Waals surface area contributed by atoms with Crippen LogP contribution in [0.25, 0.3) is 11.0 Å². The van der Waals surface area contributed by atoms with Crippen LogP contribution in [0.2, 0.25) is 0 Å². The van der Waals surface area contributed by atoms with Crippen LogP contribution in [-0.2, 0) is 11.3 Å². The number of fused-ring (bicyclic) bond motifs is 1. The average Bonchev–Trinajstić information content (AvgIpc) is 2.83. The predicted octanol–water partition coefficient (Wildman–Crippen LogP) is 2.86. The lowest BCUT2D eigenvalue weighted by Crippen LogP contribution is -2.35. The molecule has 1 atom stereocenters. The molecule has 2 rings (SSSR count). The van der Waals surface area contributed by atoms with Crippen LogP contribution in [0.15, 0.2) is 24.5 Å². The Morgan fingerprint density at radius 3 is 2.95 bits per heavy atom. The Hall–Kier alpha value is -1.39. The van der Waals surface area contributed by atoms with E-state index in [0.717, 1.165) is 24.0 Å². The van der Waals surface area contributed by atoms with E-state index in [9.17, 15) is 0 Å². The van der Waals surface area contributed by atoms with Gasteiger partial charge in [0.05, 0.1) is 23.0 Å². The molecule has 1 aromatic heterocycles. The smallest absolute Gasteiger partial charge is 0.0931 e. The summed E-state index contributed by atoms with van der Waals surface area (Å²) in [6.45, 7) is 7.27. The van der Waals surface area contributed by atoms with Crippen molar-refractivity contribution in [3.8, 4) is 0 Å². The minimum absolute atomic E-state index is 0.0836. The summed E-state index contributed by atoms with van der Waals surface area (Å²) in [6, 6.07) is 6.72. The minimum atomic E-state index is -0.0836. The summed E-state index contributed by atoms with van der Waals surface area (Å²) < 4.78 is 5.45. The van der Waals surface area contributed by atoms with Crippen molar-refractivity contribution in [2.24, 2.45) is 0 Å². The largest absolute Gasteiger partial charge is 0.379 e. The summed E-state index contributed by atoms with van der Waals surface area (Å²) >= 11 is 0. The van der Waals surface area contributed by atoms with Gasteiger partial charge in [0.1, 0.15) is 0 Å². The van der Waals surface area contributed by atoms with Crippen molar-refractivity contribution in [2.75, 3.05) is 7.11 Å². The zero-order valence-corrected chi connectivity index (χ0v) is 12.2. The molecule has 2 N–H and O–H groups in total. The molecule has 0 spiro atoms. The number of nitrogens with zero attached hydrogens (tertiary/aromatic N) is 1. The Bertz CT molecular complexity index is 533. The second-order valence-corrected chi connectivity index (χ2v) is 5.70. The summed E-state index contributed by atoms with van der Waals surface area (Å²) in [7, 11) is 1.76. The molecule has 0 fully saturated rings. The lowest BCUT2D eigenvalue weighted by molar-refractivity contribution is 0.00844. The quantitative estimate of drug-likeness (QED) is 0.840. The van der Waals surface area contributed by atoms with E-state index in [2.05, 4.69) is 48.2 Å². The van der Waals surface area contributed by atoms with Crippen molar-refractivity contribution in [3.05, 3.63) is 30.1 Å². The van der Waals surface area contributed by atoms with Crippen LogP contribution in [0.1, 0.15) is 32.8 Å². The van der Waals surface area contributed by atoms with Crippen LogP contribution in [-0.4, -0.2) is 28.7 Å². The lowest BCUT2D eigenvalue weighted by atomic mass is 9.99. The Morgan fingerprint density at radius 2 is 2.21 bits per heavy atom. The lowest BCUT2D eigenvalue weighted by Gasteiger charge is -2.27. The molecular formula is C15H23N3O. The molecule has 4 nitrogen and oxygen atoms in total. The van der Waals surface area contributed by atoms with Crippen molar-refractivity contribution in [1.82, 2.24) is 15.3 Å². The molecule has 0 amide bonds. The van der Waals surface area contributed by atoms with Crippen molar-refractivity contribution >= 4 is 11.0 Å². The third kappa shape index (κ3) is 3.78. The molecule has 0 saturated heterocycles. The van der Waals surface area contributed by atoms with Crippen LogP contribution in [0.4, 0.5) is 0 Å². The SMILES string of the molecule is COC(C)(C)C[C@@H](C)NCc1ccc2nc[nH]c2c1. The molecule has 4 heteroatoms. The molecule has 0 unspecified atom stereocenters. The van der Waals surface area contributed by atoms with Gasteiger partial charge in [-0.05, 0) is 44.9 Å². The van der Waals surface area contributed by atoms with Gasteiger partial charge in [-0.25, -0.2) is 4.98 Å². The third-order valence-corrected chi connectivity index (χ3v) is 3.49. The zero-order chi connectivity index (χ0) is 13.9. The molecular weight excluding hydrogens is 238 g/mol. The highest BCUT2D eigenvalue weighted by atomic mass is 16.5. The number of aromatic amines is 1. The van der Waals surface area contributed by atoms with Crippen molar-refractivity contribution in [3.63, 3.8) is 0 Å². The Kier molecular flexibility index (Phi) is 4.22. The summed E-state index contributed by atoms with van der Waals surface area (Å²) in [6.07, 6.45) is 2.71. The molecule has 0 saturated carbocycles. The van der Waals surface area contributed by atoms with E-state index in [-0.39, 0.29) is 5.60 Å². The van der Waals surface area contributed by atoms with Crippen molar-refractivity contribution in [1.29, 1.82) is 0 Å². The summed E-state index contributed by atoms with van der Waals surface area (Å²) in [5, 5.41) is 3.53. The van der Waals surface area contributed by atoms with Crippen LogP contribution < -0.4 is 5.32 Å². The number of hydrogen-bond acceptors (Lipinski definition) is 3. The first kappa shape index (κ1) is 14.0. The highest BCUT2D eigenvalue weighted by Crippen LogP contribution is 2.16. The van der Waals surface area contributed by atoms with Gasteiger partial charge in [0.25, 0.3) is 0 Å². The van der Waals surface area contributed by atoms with Crippen LogP contribution in [0.3, 0.4) is 0 Å². The molecule has 0 bridgehead atoms. The second-order valence-electron chi connectivity index (χ2n) is 5.70. The van der Waals surface area contributed by atoms with Gasteiger partial charge in [-0.3, -0.25) is 0 Å². The van der Waals surface area contributed by atoms with Gasteiger partial charge in [-0.2, -0.15) is 0 Å². The topological polar surface area (TPSA) is 49.9 Å². The van der Waals surface area contributed by atoms with E-state index < -0.39 is 0 Å². The first-order valence-electron chi connectivity index (χ1n) is 6.71. The number of imidazole rings is 1. The molecule has 1 heterocycles. The Labute approximate surface area is 114 Å². The molecule has 104 valence electrons. The highest BCUT2D eigenvalue weighted by molar-refractivity contribution is 5.74. The van der Waals surface area contributed by atoms with Gasteiger partial charge in [-0.1, -0.05) is 6.07 Å². The summed E-state index contributed by atoms with van der Waals surface area (Å²) in [5.74, 6) is 0. The average molecular weight is 261 g/mol. The van der Waals surface area contributed by atoms with Crippen molar-refractivity contribution in [2.45, 2.75) is 45.4 Å². The zero-order valence-electron chi connectivity index (χ0n) is 12.2. The van der Waals surface area contributed by atoms with E-state index >= 15 is 0 Å². The normalized spacial score (nSPS) is 13.9. The summed E-state index contributed by atoms with van der Waals surface area (Å²) in [4.78, 5) is 7.36. The van der Waals surface area contributed by atoms with E-state index in [0.29, 0.717) is 6.04 Å². The van der Waals surface area contributed by atoms with Gasteiger partial charge in [-0.15, -0.1) is 0 Å². The van der Waals surface area contributed by atoms with Gasteiger partial charge < -0.3 is 15.0 Å². The number of aromatic nitrogens is 2. The standard InChI is InChI=1S/C15H23N3O/c1-11(8-15(2,3)19-4)16-9-12-5-6-13-14(7-12)18-10-17-13/h5-7,10-11,16H,8-9H2,1-4H3,(H,17,18)/t11-/m1/s1. The molecule has 2 aromatic rings. The Balaban J connectivity index is 1.91. The highest BCUT2D eigenvalue weighted by Gasteiger charge is 2.19. The number of hydrogen-bond donors (Lipinski definition) is 2. The van der Waals surface area contributed by atoms with Crippen LogP contribution >= 0.6 is 0 Å². The van der Waals surface area contributed by atoms with Crippen molar-refractivity contribution < 1.29 is 4.74 Å². The van der Waals surface area contributed by atoms with Gasteiger partial charge in [0.15, 0.2) is 0 Å². The molecule has 0 aliphatic carbocycles. The maximum absolute atomic E-state index is 5.45. The number of benzene rings is 1. The fourth-order valence-corrected chi connectivity index (χ4v) is 2.28. The van der Waals surface area contributed by atoms with Crippen LogP contribution in [0.5, 0.6) is 0 Å². The first-order chi connectivity index (χ1) is 9.00. The summed E-state index contributed by atoms with van der Waals surface area (Å²) in [5.41, 5.74) is 3.28. The maximum Gasteiger partial charge on any atom is 0.0931 e. The second kappa shape index (κ2) is 5.72. The number of nitrogens with one attached hydrogen (secondary N) is 2. The minimum Gasteiger partial charge on any atom is -0.379 e. The van der Waals surface area contributed by atoms with E-state index in [1.54, 1.807) is 13.4 Å². The molecule has 19 heavy (non-hydrogen) atoms. The fraction of sp³-hybridized carbons (Fsp3) is 0.533. The fourth-order valence-electron chi connectivity index (χ4n) is 2.28. The monoisotopic (exact) mass is 261 g/mol. The molecule has 1 aromatic carbocycles. The van der Waals surface area contributed by atoms with E-state index in [1.807, 2.05) is 6.07 Å². The number of ether oxygens (including phenoxy) is 1. The third-order valence-electron chi connectivity index (χ3n) is 3.49.